The van der Waals surface area contributed by atoms with E-state index in [1.165, 1.54) is 10.9 Å². The van der Waals surface area contributed by atoms with E-state index in [2.05, 4.69) is 26.2 Å². The summed E-state index contributed by atoms with van der Waals surface area (Å²) in [5.74, 6) is -3.07. The number of furan rings is 1. The molecule has 2 unspecified atom stereocenters. The van der Waals surface area contributed by atoms with Gasteiger partial charge < -0.3 is 19.8 Å². The van der Waals surface area contributed by atoms with Gasteiger partial charge in [-0.15, -0.1) is 5.10 Å². The van der Waals surface area contributed by atoms with Gasteiger partial charge in [-0.1, -0.05) is 0 Å². The third kappa shape index (κ3) is 5.45. The van der Waals surface area contributed by atoms with Crippen LogP contribution in [-0.2, 0) is 11.3 Å². The summed E-state index contributed by atoms with van der Waals surface area (Å²) in [6, 6.07) is 1.84. The maximum absolute atomic E-state index is 14.7. The standard InChI is InChI=1S/C22H25F3N6O3/c1-13-5-9-34-20(13)22(32)27-7-3-6-26-19(18-16(24)10-14(23)11-17(18)25)21-28-29-30-31(21)12-15-4-2-8-33-15/h5,9-11,15,19,26H,2-4,6-8,12H2,1H3,(H,27,32). The molecule has 2 aromatic heterocycles. The lowest BCUT2D eigenvalue weighted by Gasteiger charge is -2.21. The summed E-state index contributed by atoms with van der Waals surface area (Å²) >= 11 is 0. The SMILES string of the molecule is Cc1ccoc1C(=O)NCCCNC(c1c(F)cc(F)cc1F)c1nnnn1CC1CCCO1. The molecule has 1 aliphatic rings. The normalized spacial score (nSPS) is 16.6. The Balaban J connectivity index is 1.46. The van der Waals surface area contributed by atoms with Crippen molar-refractivity contribution in [1.29, 1.82) is 0 Å². The Morgan fingerprint density at radius 3 is 2.74 bits per heavy atom. The van der Waals surface area contributed by atoms with Crippen molar-refractivity contribution in [3.63, 3.8) is 0 Å². The average Bonchev–Trinajstić information content (AvgIpc) is 3.54. The monoisotopic (exact) mass is 478 g/mol. The van der Waals surface area contributed by atoms with Crippen LogP contribution in [0.25, 0.3) is 0 Å². The second-order valence-electron chi connectivity index (χ2n) is 8.07. The molecule has 3 heterocycles. The van der Waals surface area contributed by atoms with E-state index < -0.39 is 23.5 Å². The van der Waals surface area contributed by atoms with E-state index in [0.29, 0.717) is 31.7 Å². The fourth-order valence-electron chi connectivity index (χ4n) is 3.90. The van der Waals surface area contributed by atoms with Crippen molar-refractivity contribution in [1.82, 2.24) is 30.8 Å². The number of aromatic nitrogens is 4. The van der Waals surface area contributed by atoms with Crippen LogP contribution in [-0.4, -0.2) is 51.9 Å². The Morgan fingerprint density at radius 1 is 1.26 bits per heavy atom. The van der Waals surface area contributed by atoms with Crippen LogP contribution in [0.15, 0.2) is 28.9 Å². The van der Waals surface area contributed by atoms with Crippen LogP contribution in [0.1, 0.15) is 52.8 Å². The van der Waals surface area contributed by atoms with Crippen LogP contribution in [0.3, 0.4) is 0 Å². The summed E-state index contributed by atoms with van der Waals surface area (Å²) in [5.41, 5.74) is 0.330. The van der Waals surface area contributed by atoms with Gasteiger partial charge in [0.1, 0.15) is 23.5 Å². The van der Waals surface area contributed by atoms with Gasteiger partial charge in [0.25, 0.3) is 5.91 Å². The zero-order valence-corrected chi connectivity index (χ0v) is 18.6. The minimum Gasteiger partial charge on any atom is -0.459 e. The van der Waals surface area contributed by atoms with E-state index in [9.17, 15) is 18.0 Å². The van der Waals surface area contributed by atoms with Gasteiger partial charge in [-0.3, -0.25) is 4.79 Å². The molecule has 1 amide bonds. The number of ether oxygens (including phenoxy) is 1. The molecule has 1 saturated heterocycles. The van der Waals surface area contributed by atoms with Gasteiger partial charge in [-0.05, 0) is 49.2 Å². The van der Waals surface area contributed by atoms with Crippen LogP contribution in [0.2, 0.25) is 0 Å². The Labute approximate surface area is 193 Å². The lowest BCUT2D eigenvalue weighted by molar-refractivity contribution is 0.0922. The number of amides is 1. The number of nitrogens with zero attached hydrogens (tertiary/aromatic N) is 4. The largest absolute Gasteiger partial charge is 0.459 e. The average molecular weight is 478 g/mol. The fourth-order valence-corrected chi connectivity index (χ4v) is 3.90. The first kappa shape index (κ1) is 23.9. The molecule has 4 rings (SSSR count). The number of hydrogen-bond acceptors (Lipinski definition) is 7. The summed E-state index contributed by atoms with van der Waals surface area (Å²) < 4.78 is 55.1. The second kappa shape index (κ2) is 10.8. The van der Waals surface area contributed by atoms with Crippen LogP contribution in [0.4, 0.5) is 13.2 Å². The highest BCUT2D eigenvalue weighted by Crippen LogP contribution is 2.27. The Morgan fingerprint density at radius 2 is 2.06 bits per heavy atom. The van der Waals surface area contributed by atoms with Crippen molar-refractivity contribution < 1.29 is 27.1 Å². The lowest BCUT2D eigenvalue weighted by atomic mass is 10.0. The third-order valence-electron chi connectivity index (χ3n) is 5.61. The van der Waals surface area contributed by atoms with Gasteiger partial charge in [-0.25, -0.2) is 17.9 Å². The number of benzene rings is 1. The van der Waals surface area contributed by atoms with Gasteiger partial charge in [0.15, 0.2) is 11.6 Å². The minimum atomic E-state index is -1.08. The highest BCUT2D eigenvalue weighted by Gasteiger charge is 2.29. The van der Waals surface area contributed by atoms with E-state index in [0.717, 1.165) is 18.4 Å². The predicted molar refractivity (Wildman–Crippen MR) is 113 cm³/mol. The quantitative estimate of drug-likeness (QED) is 0.432. The first-order valence-corrected chi connectivity index (χ1v) is 11.0. The van der Waals surface area contributed by atoms with Crippen molar-refractivity contribution in [3.05, 3.63) is 64.6 Å². The maximum Gasteiger partial charge on any atom is 0.287 e. The molecule has 0 aliphatic carbocycles. The third-order valence-corrected chi connectivity index (χ3v) is 5.61. The molecule has 2 atom stereocenters. The molecular weight excluding hydrogens is 453 g/mol. The van der Waals surface area contributed by atoms with Crippen LogP contribution in [0, 0.1) is 24.4 Å². The Bertz CT molecular complexity index is 1110. The number of nitrogens with one attached hydrogen (secondary N) is 2. The first-order valence-electron chi connectivity index (χ1n) is 11.0. The van der Waals surface area contributed by atoms with E-state index in [-0.39, 0.29) is 42.2 Å². The molecule has 1 aliphatic heterocycles. The first-order chi connectivity index (χ1) is 16.4. The van der Waals surface area contributed by atoms with Crippen molar-refractivity contribution in [3.8, 4) is 0 Å². The molecule has 0 saturated carbocycles. The highest BCUT2D eigenvalue weighted by molar-refractivity contribution is 5.92. The molecule has 0 bridgehead atoms. The second-order valence-corrected chi connectivity index (χ2v) is 8.07. The number of carbonyl (C=O) groups excluding carboxylic acids is 1. The predicted octanol–water partition coefficient (Wildman–Crippen LogP) is 2.67. The molecule has 1 fully saturated rings. The van der Waals surface area contributed by atoms with Crippen molar-refractivity contribution >= 4 is 5.91 Å². The molecular formula is C22H25F3N6O3. The number of carbonyl (C=O) groups is 1. The minimum absolute atomic E-state index is 0.105. The number of halogens is 3. The van der Waals surface area contributed by atoms with Crippen LogP contribution in [0.5, 0.6) is 0 Å². The van der Waals surface area contributed by atoms with E-state index in [1.807, 2.05) is 0 Å². The van der Waals surface area contributed by atoms with E-state index in [4.69, 9.17) is 9.15 Å². The Kier molecular flexibility index (Phi) is 7.58. The maximum atomic E-state index is 14.7. The summed E-state index contributed by atoms with van der Waals surface area (Å²) in [6.45, 7) is 3.26. The molecule has 9 nitrogen and oxygen atoms in total. The van der Waals surface area contributed by atoms with Gasteiger partial charge in [-0.2, -0.15) is 0 Å². The summed E-state index contributed by atoms with van der Waals surface area (Å²) in [5, 5.41) is 17.4. The summed E-state index contributed by atoms with van der Waals surface area (Å²) in [6.07, 6.45) is 3.49. The van der Waals surface area contributed by atoms with Crippen molar-refractivity contribution in [2.75, 3.05) is 19.7 Å². The van der Waals surface area contributed by atoms with Crippen molar-refractivity contribution in [2.24, 2.45) is 0 Å². The van der Waals surface area contributed by atoms with Crippen LogP contribution < -0.4 is 10.6 Å². The van der Waals surface area contributed by atoms with Gasteiger partial charge in [0.05, 0.1) is 18.9 Å². The zero-order valence-electron chi connectivity index (χ0n) is 18.6. The molecule has 34 heavy (non-hydrogen) atoms. The smallest absolute Gasteiger partial charge is 0.287 e. The molecule has 1 aromatic carbocycles. The number of tetrazole rings is 1. The molecule has 0 spiro atoms. The number of hydrogen-bond donors (Lipinski definition) is 2. The molecule has 3 aromatic rings. The summed E-state index contributed by atoms with van der Waals surface area (Å²) in [4.78, 5) is 12.2. The van der Waals surface area contributed by atoms with E-state index >= 15 is 0 Å². The van der Waals surface area contributed by atoms with E-state index in [1.54, 1.807) is 13.0 Å². The van der Waals surface area contributed by atoms with Crippen LogP contribution >= 0.6 is 0 Å². The topological polar surface area (TPSA) is 107 Å². The molecule has 2 N–H and O–H groups in total. The highest BCUT2D eigenvalue weighted by atomic mass is 19.1. The molecule has 12 heteroatoms. The zero-order chi connectivity index (χ0) is 24.1. The number of rotatable bonds is 10. The van der Waals surface area contributed by atoms with Gasteiger partial charge in [0.2, 0.25) is 0 Å². The molecule has 0 radical (unpaired) electrons. The van der Waals surface area contributed by atoms with Gasteiger partial charge in [0, 0.05) is 36.4 Å². The lowest BCUT2D eigenvalue weighted by Crippen LogP contribution is -2.32. The summed E-state index contributed by atoms with van der Waals surface area (Å²) in [7, 11) is 0. The van der Waals surface area contributed by atoms with Crippen molar-refractivity contribution in [2.45, 2.75) is 44.9 Å². The van der Waals surface area contributed by atoms with Gasteiger partial charge >= 0.3 is 0 Å². The molecule has 182 valence electrons. The fraction of sp³-hybridized carbons (Fsp3) is 0.455. The Hall–Kier alpha value is -3.25. The number of aryl methyl sites for hydroxylation is 1.